The van der Waals surface area contributed by atoms with Gasteiger partial charge in [-0.05, 0) is 13.3 Å². The lowest BCUT2D eigenvalue weighted by molar-refractivity contribution is -0.137. The molecule has 0 unspecified atom stereocenters. The molecule has 0 spiro atoms. The Morgan fingerprint density at radius 2 is 1.86 bits per heavy atom. The molecule has 0 amide bonds. The van der Waals surface area contributed by atoms with Gasteiger partial charge in [0.1, 0.15) is 0 Å². The number of hydrogen-bond donors (Lipinski definition) is 0. The molecule has 0 fully saturated rings. The van der Waals surface area contributed by atoms with E-state index in [1.54, 1.807) is 6.08 Å². The van der Waals surface area contributed by atoms with Crippen molar-refractivity contribution in [1.29, 1.82) is 0 Å². The Labute approximate surface area is 87.7 Å². The predicted octanol–water partition coefficient (Wildman–Crippen LogP) is 3.49. The number of unbranched alkanes of at least 4 members (excludes halogenated alkanes) is 3. The lowest BCUT2D eigenvalue weighted by Gasteiger charge is -1.99. The second kappa shape index (κ2) is 14.5. The highest BCUT2D eigenvalue weighted by atomic mass is 16.5. The molecule has 0 rings (SSSR count). The van der Waals surface area contributed by atoms with Crippen molar-refractivity contribution < 1.29 is 9.53 Å². The van der Waals surface area contributed by atoms with E-state index in [4.69, 9.17) is 4.74 Å². The van der Waals surface area contributed by atoms with Crippen LogP contribution in [0.15, 0.2) is 25.3 Å². The highest BCUT2D eigenvalue weighted by Gasteiger charge is 1.93. The van der Waals surface area contributed by atoms with E-state index in [9.17, 15) is 4.79 Å². The van der Waals surface area contributed by atoms with Crippen LogP contribution in [-0.2, 0) is 9.53 Å². The Morgan fingerprint density at radius 3 is 2.29 bits per heavy atom. The van der Waals surface area contributed by atoms with Gasteiger partial charge in [0.15, 0.2) is 0 Å². The van der Waals surface area contributed by atoms with E-state index in [0.717, 1.165) is 12.8 Å². The second-order valence-corrected chi connectivity index (χ2v) is 2.84. The van der Waals surface area contributed by atoms with Gasteiger partial charge in [0.2, 0.25) is 0 Å². The van der Waals surface area contributed by atoms with E-state index in [-0.39, 0.29) is 5.97 Å². The predicted molar refractivity (Wildman–Crippen MR) is 61.2 cm³/mol. The van der Waals surface area contributed by atoms with Crippen LogP contribution in [-0.4, -0.2) is 12.6 Å². The Hall–Kier alpha value is -1.05. The maximum Gasteiger partial charge on any atom is 0.330 e. The molecule has 0 aliphatic rings. The molecule has 0 aromatic rings. The molecule has 0 saturated carbocycles. The Bertz CT molecular complexity index is 150. The summed E-state index contributed by atoms with van der Waals surface area (Å²) in [5.41, 5.74) is 0. The fourth-order valence-electron chi connectivity index (χ4n) is 0.761. The summed E-state index contributed by atoms with van der Waals surface area (Å²) in [6.45, 7) is 11.2. The van der Waals surface area contributed by atoms with Gasteiger partial charge < -0.3 is 4.74 Å². The van der Waals surface area contributed by atoms with Crippen molar-refractivity contribution in [3.63, 3.8) is 0 Å². The topological polar surface area (TPSA) is 26.3 Å². The molecule has 0 aromatic heterocycles. The van der Waals surface area contributed by atoms with Crippen LogP contribution in [0, 0.1) is 0 Å². The van der Waals surface area contributed by atoms with E-state index < -0.39 is 0 Å². The third-order valence-electron chi connectivity index (χ3n) is 1.41. The van der Waals surface area contributed by atoms with E-state index in [1.807, 2.05) is 6.92 Å². The zero-order valence-corrected chi connectivity index (χ0v) is 9.42. The summed E-state index contributed by atoms with van der Waals surface area (Å²) in [5, 5.41) is 0. The molecule has 0 bridgehead atoms. The van der Waals surface area contributed by atoms with Gasteiger partial charge in [-0.1, -0.05) is 38.8 Å². The fraction of sp³-hybridized carbons (Fsp3) is 0.583. The monoisotopic (exact) mass is 198 g/mol. The minimum absolute atomic E-state index is 0.318. The summed E-state index contributed by atoms with van der Waals surface area (Å²) in [7, 11) is 0. The van der Waals surface area contributed by atoms with E-state index in [1.165, 1.54) is 18.9 Å². The van der Waals surface area contributed by atoms with Gasteiger partial charge in [-0.15, -0.1) is 6.58 Å². The van der Waals surface area contributed by atoms with Crippen molar-refractivity contribution in [2.24, 2.45) is 0 Å². The SMILES string of the molecule is C=CC.C=CC(=O)OCCCCCC. The first-order valence-electron chi connectivity index (χ1n) is 5.09. The third kappa shape index (κ3) is 17.2. The number of ether oxygens (including phenoxy) is 1. The summed E-state index contributed by atoms with van der Waals surface area (Å²) < 4.78 is 4.78. The van der Waals surface area contributed by atoms with Gasteiger partial charge in [-0.3, -0.25) is 0 Å². The Kier molecular flexibility index (Phi) is 15.9. The molecule has 0 aliphatic carbocycles. The molecule has 0 saturated heterocycles. The van der Waals surface area contributed by atoms with Crippen molar-refractivity contribution in [3.05, 3.63) is 25.3 Å². The van der Waals surface area contributed by atoms with Crippen LogP contribution in [0.4, 0.5) is 0 Å². The van der Waals surface area contributed by atoms with Crippen molar-refractivity contribution in [2.75, 3.05) is 6.61 Å². The van der Waals surface area contributed by atoms with Crippen molar-refractivity contribution in [3.8, 4) is 0 Å². The maximum atomic E-state index is 10.5. The number of carbonyl (C=O) groups is 1. The summed E-state index contributed by atoms with van der Waals surface area (Å²) in [6, 6.07) is 0. The Balaban J connectivity index is 0. The van der Waals surface area contributed by atoms with Gasteiger partial charge >= 0.3 is 5.97 Å². The smallest absolute Gasteiger partial charge is 0.330 e. The van der Waals surface area contributed by atoms with Crippen LogP contribution in [0.5, 0.6) is 0 Å². The molecule has 0 atom stereocenters. The van der Waals surface area contributed by atoms with Gasteiger partial charge in [-0.2, -0.15) is 0 Å². The highest BCUT2D eigenvalue weighted by molar-refractivity contribution is 5.81. The number of rotatable bonds is 6. The maximum absolute atomic E-state index is 10.5. The molecule has 0 aliphatic heterocycles. The zero-order chi connectivity index (χ0) is 11.2. The van der Waals surface area contributed by atoms with Crippen LogP contribution in [0.3, 0.4) is 0 Å². The molecule has 0 aromatic carbocycles. The third-order valence-corrected chi connectivity index (χ3v) is 1.41. The molecular formula is C12H22O2. The quantitative estimate of drug-likeness (QED) is 0.282. The summed E-state index contributed by atoms with van der Waals surface area (Å²) in [5.74, 6) is -0.318. The first-order valence-corrected chi connectivity index (χ1v) is 5.09. The first-order chi connectivity index (χ1) is 6.72. The normalized spacial score (nSPS) is 8.14. The van der Waals surface area contributed by atoms with E-state index in [2.05, 4.69) is 20.1 Å². The van der Waals surface area contributed by atoms with Crippen LogP contribution in [0.1, 0.15) is 39.5 Å². The second-order valence-electron chi connectivity index (χ2n) is 2.84. The number of esters is 1. The van der Waals surface area contributed by atoms with Gasteiger partial charge in [-0.25, -0.2) is 4.79 Å². The van der Waals surface area contributed by atoms with Gasteiger partial charge in [0.25, 0.3) is 0 Å². The lowest BCUT2D eigenvalue weighted by Crippen LogP contribution is -2.01. The van der Waals surface area contributed by atoms with Crippen LogP contribution in [0.25, 0.3) is 0 Å². The Morgan fingerprint density at radius 1 is 1.29 bits per heavy atom. The number of hydrogen-bond acceptors (Lipinski definition) is 2. The van der Waals surface area contributed by atoms with Crippen LogP contribution >= 0.6 is 0 Å². The van der Waals surface area contributed by atoms with Crippen molar-refractivity contribution >= 4 is 5.97 Å². The molecule has 14 heavy (non-hydrogen) atoms. The molecule has 0 heterocycles. The summed E-state index contributed by atoms with van der Waals surface area (Å²) >= 11 is 0. The molecule has 0 N–H and O–H groups in total. The van der Waals surface area contributed by atoms with Crippen molar-refractivity contribution in [2.45, 2.75) is 39.5 Å². The highest BCUT2D eigenvalue weighted by Crippen LogP contribution is 1.98. The fourth-order valence-corrected chi connectivity index (χ4v) is 0.761. The minimum atomic E-state index is -0.318. The average Bonchev–Trinajstić information content (AvgIpc) is 2.18. The van der Waals surface area contributed by atoms with E-state index in [0.29, 0.717) is 6.61 Å². The first kappa shape index (κ1) is 15.4. The lowest BCUT2D eigenvalue weighted by atomic mass is 10.2. The van der Waals surface area contributed by atoms with Crippen LogP contribution < -0.4 is 0 Å². The standard InChI is InChI=1S/C9H16O2.C3H6/c1-3-5-6-7-8-11-9(10)4-2;1-3-2/h4H,2-3,5-8H2,1H3;3H,1H2,2H3. The van der Waals surface area contributed by atoms with Gasteiger partial charge in [0.05, 0.1) is 6.61 Å². The minimum Gasteiger partial charge on any atom is -0.463 e. The molecule has 0 radical (unpaired) electrons. The molecule has 82 valence electrons. The van der Waals surface area contributed by atoms with Gasteiger partial charge in [0, 0.05) is 6.08 Å². The largest absolute Gasteiger partial charge is 0.463 e. The number of carbonyl (C=O) groups excluding carboxylic acids is 1. The zero-order valence-electron chi connectivity index (χ0n) is 9.42. The summed E-state index contributed by atoms with van der Waals surface area (Å²) in [6.07, 6.45) is 7.47. The average molecular weight is 198 g/mol. The van der Waals surface area contributed by atoms with Crippen molar-refractivity contribution in [1.82, 2.24) is 0 Å². The molecule has 2 heteroatoms. The van der Waals surface area contributed by atoms with Crippen LogP contribution in [0.2, 0.25) is 0 Å². The number of allylic oxidation sites excluding steroid dienone is 1. The summed E-state index contributed by atoms with van der Waals surface area (Å²) in [4.78, 5) is 10.5. The van der Waals surface area contributed by atoms with E-state index >= 15 is 0 Å². The molecular weight excluding hydrogens is 176 g/mol. The molecule has 2 nitrogen and oxygen atoms in total.